The maximum absolute atomic E-state index is 8.93. The van der Waals surface area contributed by atoms with E-state index in [4.69, 9.17) is 15.3 Å². The molecule has 0 aliphatic heterocycles. The van der Waals surface area contributed by atoms with Crippen molar-refractivity contribution in [3.63, 3.8) is 0 Å². The van der Waals surface area contributed by atoms with Crippen molar-refractivity contribution in [2.75, 3.05) is 19.8 Å². The monoisotopic (exact) mass is 396 g/mol. The fourth-order valence-electron chi connectivity index (χ4n) is 2.91. The van der Waals surface area contributed by atoms with E-state index in [0.717, 1.165) is 0 Å². The van der Waals surface area contributed by atoms with Crippen molar-refractivity contribution < 1.29 is 37.0 Å². The summed E-state index contributed by atoms with van der Waals surface area (Å²) < 4.78 is 0. The number of fused-ring (bicyclic) bond motifs is 1. The number of rotatable bonds is 0. The molecule has 0 amide bonds. The zero-order valence-corrected chi connectivity index (χ0v) is 19.9. The molecule has 0 heterocycles. The fourth-order valence-corrected chi connectivity index (χ4v) is 2.91. The van der Waals surface area contributed by atoms with Crippen LogP contribution in [0.25, 0.3) is 10.8 Å². The Morgan fingerprint density at radius 1 is 0.615 bits per heavy atom. The molecule has 0 aromatic heterocycles. The van der Waals surface area contributed by atoms with Crippen molar-refractivity contribution in [3.8, 4) is 0 Å². The summed E-state index contributed by atoms with van der Waals surface area (Å²) in [6.45, 7) is 20.5. The third-order valence-corrected chi connectivity index (χ3v) is 4.56. The van der Waals surface area contributed by atoms with Crippen LogP contribution in [0.15, 0.2) is 0 Å². The Bertz CT molecular complexity index is 587. The second-order valence-corrected chi connectivity index (χ2v) is 5.99. The van der Waals surface area contributed by atoms with Crippen LogP contribution in [0.1, 0.15) is 59.7 Å². The minimum absolute atomic E-state index is 0. The second-order valence-electron chi connectivity index (χ2n) is 5.99. The molecule has 0 N–H and O–H groups in total. The number of hydrogen-bond donors (Lipinski definition) is 0. The zero-order valence-electron chi connectivity index (χ0n) is 18.3. The smallest absolute Gasteiger partial charge is 0.855 e. The molecule has 0 saturated heterocycles. The van der Waals surface area contributed by atoms with E-state index >= 15 is 0 Å². The third-order valence-electron chi connectivity index (χ3n) is 4.56. The minimum Gasteiger partial charge on any atom is -0.855 e. The van der Waals surface area contributed by atoms with Gasteiger partial charge in [-0.2, -0.15) is 5.56 Å². The summed E-state index contributed by atoms with van der Waals surface area (Å²) in [5.74, 6) is 0. The molecule has 3 nitrogen and oxygen atoms in total. The standard InChI is InChI=1S/C16H21.3C2H5O.Ti/c1-8-9(2)12(5)16-14(7)10(3)13(6)15(16)11(8)4;3*1-2-3;/h1-7H3;3*2H2,1H3;/q4*-1;+4. The van der Waals surface area contributed by atoms with Crippen molar-refractivity contribution in [1.82, 2.24) is 0 Å². The molecule has 2 aromatic rings. The Hall–Kier alpha value is -0.576. The van der Waals surface area contributed by atoms with Gasteiger partial charge in [-0.15, -0.1) is 47.3 Å². The Balaban J connectivity index is -0.000000451. The molecule has 26 heavy (non-hydrogen) atoms. The van der Waals surface area contributed by atoms with Crippen molar-refractivity contribution in [3.05, 3.63) is 38.9 Å². The molecule has 0 saturated carbocycles. The van der Waals surface area contributed by atoms with Crippen LogP contribution in [-0.2, 0) is 21.7 Å². The quantitative estimate of drug-likeness (QED) is 0.508. The molecule has 0 fully saturated rings. The molecule has 2 rings (SSSR count). The van der Waals surface area contributed by atoms with E-state index < -0.39 is 0 Å². The number of hydrogen-bond acceptors (Lipinski definition) is 3. The van der Waals surface area contributed by atoms with Crippen LogP contribution in [0.4, 0.5) is 0 Å². The van der Waals surface area contributed by atoms with Crippen molar-refractivity contribution in [1.29, 1.82) is 0 Å². The topological polar surface area (TPSA) is 69.2 Å². The predicted octanol–water partition coefficient (Wildman–Crippen LogP) is 2.81. The van der Waals surface area contributed by atoms with E-state index in [1.807, 2.05) is 0 Å². The van der Waals surface area contributed by atoms with Gasteiger partial charge in [0.25, 0.3) is 0 Å². The van der Waals surface area contributed by atoms with Crippen molar-refractivity contribution in [2.45, 2.75) is 69.2 Å². The Kier molecular flexibility index (Phi) is 18.0. The van der Waals surface area contributed by atoms with Crippen LogP contribution in [0.3, 0.4) is 0 Å². The van der Waals surface area contributed by atoms with Crippen molar-refractivity contribution >= 4 is 10.8 Å². The van der Waals surface area contributed by atoms with E-state index in [0.29, 0.717) is 0 Å². The van der Waals surface area contributed by atoms with Gasteiger partial charge in [0, 0.05) is 0 Å². The van der Waals surface area contributed by atoms with Crippen LogP contribution < -0.4 is 15.3 Å². The Morgan fingerprint density at radius 2 is 0.923 bits per heavy atom. The van der Waals surface area contributed by atoms with Crippen LogP contribution in [0, 0.1) is 48.5 Å². The van der Waals surface area contributed by atoms with E-state index in [9.17, 15) is 0 Å². The van der Waals surface area contributed by atoms with Gasteiger partial charge in [0.05, 0.1) is 0 Å². The largest absolute Gasteiger partial charge is 4.00 e. The Morgan fingerprint density at radius 3 is 1.27 bits per heavy atom. The fraction of sp³-hybridized carbons (Fsp3) is 0.591. The third kappa shape index (κ3) is 7.58. The van der Waals surface area contributed by atoms with Gasteiger partial charge < -0.3 is 15.3 Å². The average molecular weight is 396 g/mol. The normalized spacial score (nSPS) is 9.12. The van der Waals surface area contributed by atoms with Crippen molar-refractivity contribution in [2.24, 2.45) is 0 Å². The van der Waals surface area contributed by atoms with Gasteiger partial charge in [-0.25, -0.2) is 0 Å². The zero-order chi connectivity index (χ0) is 20.3. The van der Waals surface area contributed by atoms with Gasteiger partial charge in [0.15, 0.2) is 0 Å². The first-order valence-corrected chi connectivity index (χ1v) is 8.99. The summed E-state index contributed by atoms with van der Waals surface area (Å²) in [5, 5.41) is 29.8. The van der Waals surface area contributed by atoms with Gasteiger partial charge in [0.2, 0.25) is 0 Å². The van der Waals surface area contributed by atoms with E-state index in [-0.39, 0.29) is 41.5 Å². The molecular formula is C22H36O3Ti. The summed E-state index contributed by atoms with van der Waals surface area (Å²) in [5.41, 5.74) is 10.2. The summed E-state index contributed by atoms with van der Waals surface area (Å²) >= 11 is 0. The molecule has 0 aliphatic carbocycles. The first kappa shape index (κ1) is 30.2. The first-order valence-electron chi connectivity index (χ1n) is 8.99. The molecule has 0 atom stereocenters. The maximum Gasteiger partial charge on any atom is 4.00 e. The summed E-state index contributed by atoms with van der Waals surface area (Å²) in [4.78, 5) is 0. The van der Waals surface area contributed by atoms with E-state index in [1.54, 1.807) is 20.8 Å². The average Bonchev–Trinajstić information content (AvgIpc) is 2.77. The molecule has 0 unspecified atom stereocenters. The van der Waals surface area contributed by atoms with Gasteiger partial charge >= 0.3 is 21.7 Å². The molecule has 0 aliphatic rings. The SMILES string of the molecule is CC[O-].CC[O-].CC[O-].Cc1c(C)c(C)c2c(c1C)c(C)c(C)[c-]2C.[Ti+4]. The summed E-state index contributed by atoms with van der Waals surface area (Å²) in [7, 11) is 0. The van der Waals surface area contributed by atoms with E-state index in [2.05, 4.69) is 48.5 Å². The predicted molar refractivity (Wildman–Crippen MR) is 104 cm³/mol. The summed E-state index contributed by atoms with van der Waals surface area (Å²) in [6.07, 6.45) is 0. The molecule has 0 bridgehead atoms. The van der Waals surface area contributed by atoms with Gasteiger partial charge in [-0.05, 0) is 20.8 Å². The Labute approximate surface area is 175 Å². The molecule has 0 radical (unpaired) electrons. The van der Waals surface area contributed by atoms with Gasteiger partial charge in [-0.3, -0.25) is 0 Å². The van der Waals surface area contributed by atoms with Crippen LogP contribution in [0.5, 0.6) is 0 Å². The number of aryl methyl sites for hydroxylation is 4. The van der Waals surface area contributed by atoms with Gasteiger partial charge in [-0.1, -0.05) is 65.2 Å². The number of benzene rings is 1. The molecule has 0 spiro atoms. The van der Waals surface area contributed by atoms with Crippen LogP contribution >= 0.6 is 0 Å². The van der Waals surface area contributed by atoms with Crippen LogP contribution in [-0.4, -0.2) is 19.8 Å². The summed E-state index contributed by atoms with van der Waals surface area (Å²) in [6, 6.07) is 0. The second kappa shape index (κ2) is 15.5. The first-order chi connectivity index (χ1) is 11.6. The molecule has 146 valence electrons. The van der Waals surface area contributed by atoms with Crippen LogP contribution in [0.2, 0.25) is 0 Å². The maximum atomic E-state index is 8.93. The molecule has 4 heteroatoms. The molecule has 2 aromatic carbocycles. The van der Waals surface area contributed by atoms with E-state index in [1.165, 1.54) is 49.7 Å². The minimum atomic E-state index is 0. The molecular weight excluding hydrogens is 360 g/mol. The van der Waals surface area contributed by atoms with Gasteiger partial charge in [0.1, 0.15) is 0 Å².